The molecule has 1 atom stereocenters. The van der Waals surface area contributed by atoms with Crippen molar-refractivity contribution in [2.24, 2.45) is 0 Å². The maximum atomic E-state index is 13.5. The van der Waals surface area contributed by atoms with Gasteiger partial charge in [-0.3, -0.25) is 0 Å². The third-order valence-corrected chi connectivity index (χ3v) is 3.83. The Hall–Kier alpha value is -0.660. The van der Waals surface area contributed by atoms with E-state index in [0.29, 0.717) is 12.2 Å². The van der Waals surface area contributed by atoms with Gasteiger partial charge in [-0.25, -0.2) is 4.39 Å². The number of rotatable bonds is 15. The summed E-state index contributed by atoms with van der Waals surface area (Å²) in [6, 6.07) is 0. The lowest BCUT2D eigenvalue weighted by Gasteiger charge is -2.04. The van der Waals surface area contributed by atoms with Crippen molar-refractivity contribution >= 4 is 5.78 Å². The second-order valence-corrected chi connectivity index (χ2v) is 6.16. The zero-order valence-corrected chi connectivity index (χ0v) is 14.2. The van der Waals surface area contributed by atoms with Crippen LogP contribution in [0.1, 0.15) is 97.3 Å². The number of carbonyl (C=O) groups is 1. The molecule has 0 aliphatic carbocycles. The van der Waals surface area contributed by atoms with Crippen molar-refractivity contribution in [3.05, 3.63) is 12.2 Å². The van der Waals surface area contributed by atoms with Gasteiger partial charge in [-0.1, -0.05) is 64.0 Å². The monoisotopic (exact) mass is 298 g/mol. The van der Waals surface area contributed by atoms with Gasteiger partial charge >= 0.3 is 0 Å². The Morgan fingerprint density at radius 3 is 2.33 bits per heavy atom. The van der Waals surface area contributed by atoms with Crippen LogP contribution < -0.4 is 0 Å². The largest absolute Gasteiger partial charge is 0.300 e. The van der Waals surface area contributed by atoms with Crippen LogP contribution in [0.25, 0.3) is 0 Å². The Bertz CT molecular complexity index is 260. The first-order chi connectivity index (χ1) is 10.2. The number of halogens is 1. The van der Waals surface area contributed by atoms with Crippen LogP contribution in [0, 0.1) is 0 Å². The Morgan fingerprint density at radius 2 is 1.62 bits per heavy atom. The van der Waals surface area contributed by atoms with E-state index in [2.05, 4.69) is 13.0 Å². The van der Waals surface area contributed by atoms with Gasteiger partial charge in [0.15, 0.2) is 0 Å². The molecular weight excluding hydrogens is 263 g/mol. The summed E-state index contributed by atoms with van der Waals surface area (Å²) in [4.78, 5) is 10.8. The molecule has 1 nitrogen and oxygen atoms in total. The number of allylic oxidation sites excluding steroid dienone is 2. The summed E-state index contributed by atoms with van der Waals surface area (Å²) in [6.07, 6.45) is 17.1. The molecule has 1 unspecified atom stereocenters. The quantitative estimate of drug-likeness (QED) is 0.247. The Kier molecular flexibility index (Phi) is 15.2. The third kappa shape index (κ3) is 17.3. The van der Waals surface area contributed by atoms with Crippen LogP contribution in [0.15, 0.2) is 12.2 Å². The van der Waals surface area contributed by atoms with Crippen molar-refractivity contribution in [3.63, 3.8) is 0 Å². The van der Waals surface area contributed by atoms with Crippen molar-refractivity contribution in [2.75, 3.05) is 0 Å². The summed E-state index contributed by atoms with van der Waals surface area (Å²) in [5.74, 6) is 0.299. The predicted octanol–water partition coefficient (Wildman–Crippen LogP) is 6.56. The lowest BCUT2D eigenvalue weighted by molar-refractivity contribution is -0.117. The van der Waals surface area contributed by atoms with Crippen LogP contribution in [0.4, 0.5) is 4.39 Å². The molecule has 0 aliphatic rings. The van der Waals surface area contributed by atoms with E-state index < -0.39 is 6.17 Å². The van der Waals surface area contributed by atoms with E-state index in [1.165, 1.54) is 38.5 Å². The van der Waals surface area contributed by atoms with Crippen molar-refractivity contribution < 1.29 is 9.18 Å². The van der Waals surface area contributed by atoms with Crippen LogP contribution in [0.2, 0.25) is 0 Å². The van der Waals surface area contributed by atoms with Crippen molar-refractivity contribution in [1.82, 2.24) is 0 Å². The fraction of sp³-hybridized carbons (Fsp3) is 0.842. The molecule has 0 bridgehead atoms. The number of ketones is 1. The van der Waals surface area contributed by atoms with Crippen LogP contribution in [-0.4, -0.2) is 12.0 Å². The number of hydrogen-bond acceptors (Lipinski definition) is 1. The normalized spacial score (nSPS) is 12.9. The molecule has 124 valence electrons. The molecule has 0 aromatic rings. The minimum absolute atomic E-state index is 0.299. The number of Topliss-reactive ketones (excluding diaryl/α,β-unsaturated/α-hetero) is 1. The smallest absolute Gasteiger partial charge is 0.129 e. The summed E-state index contributed by atoms with van der Waals surface area (Å²) in [5.41, 5.74) is 0. The highest BCUT2D eigenvalue weighted by atomic mass is 19.1. The SMILES string of the molecule is CCCCCCC(F)C/C=C\CCCCCCCC(C)=O. The second-order valence-electron chi connectivity index (χ2n) is 6.16. The standard InChI is InChI=1S/C19H35FO/c1-3-4-5-13-16-19(20)17-14-11-9-7-6-8-10-12-15-18(2)21/h11,14,19H,3-10,12-13,15-17H2,1-2H3/b14-11-. The molecule has 0 fully saturated rings. The van der Waals surface area contributed by atoms with E-state index in [-0.39, 0.29) is 0 Å². The molecule has 0 spiro atoms. The van der Waals surface area contributed by atoms with Gasteiger partial charge < -0.3 is 4.79 Å². The van der Waals surface area contributed by atoms with Gasteiger partial charge in [0, 0.05) is 6.42 Å². The average molecular weight is 298 g/mol. The number of alkyl halides is 1. The van der Waals surface area contributed by atoms with Crippen LogP contribution in [0.5, 0.6) is 0 Å². The fourth-order valence-corrected chi connectivity index (χ4v) is 2.44. The number of hydrogen-bond donors (Lipinski definition) is 0. The highest BCUT2D eigenvalue weighted by molar-refractivity contribution is 5.75. The van der Waals surface area contributed by atoms with E-state index in [0.717, 1.165) is 38.5 Å². The van der Waals surface area contributed by atoms with Crippen molar-refractivity contribution in [1.29, 1.82) is 0 Å². The molecule has 0 saturated carbocycles. The molecule has 0 amide bonds. The number of carbonyl (C=O) groups excluding carboxylic acids is 1. The predicted molar refractivity (Wildman–Crippen MR) is 90.4 cm³/mol. The van der Waals surface area contributed by atoms with Gasteiger partial charge in [-0.05, 0) is 39.0 Å². The molecule has 0 heterocycles. The zero-order chi connectivity index (χ0) is 15.8. The Labute approximate surface area is 131 Å². The first kappa shape index (κ1) is 20.3. The Morgan fingerprint density at radius 1 is 0.952 bits per heavy atom. The lowest BCUT2D eigenvalue weighted by atomic mass is 10.1. The summed E-state index contributed by atoms with van der Waals surface area (Å²) in [7, 11) is 0. The maximum absolute atomic E-state index is 13.5. The zero-order valence-electron chi connectivity index (χ0n) is 14.2. The van der Waals surface area contributed by atoms with E-state index in [4.69, 9.17) is 0 Å². The molecule has 0 aliphatic heterocycles. The highest BCUT2D eigenvalue weighted by Gasteiger charge is 2.02. The minimum atomic E-state index is -0.648. The lowest BCUT2D eigenvalue weighted by Crippen LogP contribution is -1.97. The molecular formula is C19H35FO. The molecule has 2 heteroatoms. The van der Waals surface area contributed by atoms with Crippen LogP contribution >= 0.6 is 0 Å². The molecule has 0 saturated heterocycles. The first-order valence-corrected chi connectivity index (χ1v) is 8.95. The highest BCUT2D eigenvalue weighted by Crippen LogP contribution is 2.12. The van der Waals surface area contributed by atoms with Gasteiger partial charge in [0.1, 0.15) is 12.0 Å². The van der Waals surface area contributed by atoms with Gasteiger partial charge in [0.05, 0.1) is 0 Å². The van der Waals surface area contributed by atoms with E-state index in [9.17, 15) is 9.18 Å². The fourth-order valence-electron chi connectivity index (χ4n) is 2.44. The third-order valence-electron chi connectivity index (χ3n) is 3.83. The topological polar surface area (TPSA) is 17.1 Å². The summed E-state index contributed by atoms with van der Waals surface area (Å²) in [6.45, 7) is 3.84. The van der Waals surface area contributed by atoms with Gasteiger partial charge in [0.25, 0.3) is 0 Å². The van der Waals surface area contributed by atoms with E-state index >= 15 is 0 Å². The van der Waals surface area contributed by atoms with Gasteiger partial charge in [0.2, 0.25) is 0 Å². The summed E-state index contributed by atoms with van der Waals surface area (Å²) < 4.78 is 13.5. The van der Waals surface area contributed by atoms with E-state index in [1.54, 1.807) is 6.92 Å². The van der Waals surface area contributed by atoms with Crippen LogP contribution in [0.3, 0.4) is 0 Å². The Balaban J connectivity index is 3.26. The van der Waals surface area contributed by atoms with Gasteiger partial charge in [-0.15, -0.1) is 0 Å². The van der Waals surface area contributed by atoms with Crippen molar-refractivity contribution in [2.45, 2.75) is 103 Å². The molecule has 0 N–H and O–H groups in total. The first-order valence-electron chi connectivity index (χ1n) is 8.95. The molecule has 0 aromatic carbocycles. The van der Waals surface area contributed by atoms with E-state index in [1.807, 2.05) is 6.08 Å². The summed E-state index contributed by atoms with van der Waals surface area (Å²) in [5, 5.41) is 0. The minimum Gasteiger partial charge on any atom is -0.300 e. The van der Waals surface area contributed by atoms with Gasteiger partial charge in [-0.2, -0.15) is 0 Å². The molecule has 0 rings (SSSR count). The van der Waals surface area contributed by atoms with Crippen molar-refractivity contribution in [3.8, 4) is 0 Å². The molecule has 21 heavy (non-hydrogen) atoms. The average Bonchev–Trinajstić information content (AvgIpc) is 2.45. The molecule has 0 radical (unpaired) electrons. The number of unbranched alkanes of at least 4 members (excludes halogenated alkanes) is 8. The second kappa shape index (κ2) is 15.7. The van der Waals surface area contributed by atoms with Crippen LogP contribution in [-0.2, 0) is 4.79 Å². The summed E-state index contributed by atoms with van der Waals surface area (Å²) >= 11 is 0. The molecule has 0 aromatic heterocycles. The maximum Gasteiger partial charge on any atom is 0.129 e.